The number of fused-ring (bicyclic) bond motifs is 1. The maximum absolute atomic E-state index is 4.23. The molecule has 0 aliphatic carbocycles. The topological polar surface area (TPSA) is 42.2 Å². The number of hydrogen-bond acceptors (Lipinski definition) is 3. The Hall–Kier alpha value is -1.68. The fourth-order valence-corrected chi connectivity index (χ4v) is 1.62. The number of nitrogens with one attached hydrogen (secondary N) is 1. The normalized spacial score (nSPS) is 12.8. The van der Waals surface area contributed by atoms with Gasteiger partial charge in [-0.25, -0.2) is 9.97 Å². The summed E-state index contributed by atoms with van der Waals surface area (Å²) in [5.41, 5.74) is 1.12. The van der Waals surface area contributed by atoms with Gasteiger partial charge in [0.05, 0.1) is 11.9 Å². The van der Waals surface area contributed by atoms with Crippen LogP contribution in [0.5, 0.6) is 0 Å². The smallest absolute Gasteiger partial charge is 0.233 e. The third kappa shape index (κ3) is 2.28. The van der Waals surface area contributed by atoms with Gasteiger partial charge < -0.3 is 5.32 Å². The van der Waals surface area contributed by atoms with Crippen molar-refractivity contribution in [3.63, 3.8) is 0 Å². The van der Waals surface area contributed by atoms with Gasteiger partial charge in [-0.05, 0) is 19.4 Å². The molecule has 84 valence electrons. The lowest BCUT2D eigenvalue weighted by molar-refractivity contribution is 0.546. The molecular formula is C12H16N4. The van der Waals surface area contributed by atoms with Crippen LogP contribution in [0.3, 0.4) is 0 Å². The van der Waals surface area contributed by atoms with Gasteiger partial charge in [-0.3, -0.25) is 4.40 Å². The van der Waals surface area contributed by atoms with Crippen LogP contribution in [-0.2, 0) is 6.54 Å². The van der Waals surface area contributed by atoms with E-state index in [0.29, 0.717) is 6.04 Å². The van der Waals surface area contributed by atoms with Gasteiger partial charge in [0.1, 0.15) is 0 Å². The van der Waals surface area contributed by atoms with E-state index in [1.165, 1.54) is 0 Å². The summed E-state index contributed by atoms with van der Waals surface area (Å²) in [7, 11) is 0. The zero-order valence-corrected chi connectivity index (χ0v) is 9.43. The van der Waals surface area contributed by atoms with Crippen molar-refractivity contribution < 1.29 is 0 Å². The molecular weight excluding hydrogens is 200 g/mol. The van der Waals surface area contributed by atoms with Crippen molar-refractivity contribution in [1.29, 1.82) is 0 Å². The van der Waals surface area contributed by atoms with E-state index in [9.17, 15) is 0 Å². The third-order valence-electron chi connectivity index (χ3n) is 2.52. The van der Waals surface area contributed by atoms with Crippen molar-refractivity contribution >= 4 is 5.78 Å². The van der Waals surface area contributed by atoms with E-state index in [2.05, 4.69) is 28.8 Å². The molecule has 2 aromatic rings. The fourth-order valence-electron chi connectivity index (χ4n) is 1.62. The monoisotopic (exact) mass is 216 g/mol. The lowest BCUT2D eigenvalue weighted by Gasteiger charge is -2.10. The van der Waals surface area contributed by atoms with Crippen LogP contribution in [-0.4, -0.2) is 20.4 Å². The fraction of sp³-hybridized carbons (Fsp3) is 0.333. The summed E-state index contributed by atoms with van der Waals surface area (Å²) in [4.78, 5) is 8.41. The predicted molar refractivity (Wildman–Crippen MR) is 64.1 cm³/mol. The van der Waals surface area contributed by atoms with Crippen LogP contribution in [0.15, 0.2) is 37.3 Å². The number of hydrogen-bond donors (Lipinski definition) is 1. The maximum atomic E-state index is 4.23. The Labute approximate surface area is 95.0 Å². The van der Waals surface area contributed by atoms with E-state index < -0.39 is 0 Å². The Morgan fingerprint density at radius 1 is 1.56 bits per heavy atom. The second-order valence-electron chi connectivity index (χ2n) is 3.85. The van der Waals surface area contributed by atoms with E-state index in [4.69, 9.17) is 0 Å². The Morgan fingerprint density at radius 3 is 3.25 bits per heavy atom. The van der Waals surface area contributed by atoms with Crippen molar-refractivity contribution in [3.8, 4) is 0 Å². The summed E-state index contributed by atoms with van der Waals surface area (Å²) in [6.45, 7) is 6.66. The molecule has 1 unspecified atom stereocenters. The van der Waals surface area contributed by atoms with Gasteiger partial charge >= 0.3 is 0 Å². The Kier molecular flexibility index (Phi) is 3.31. The van der Waals surface area contributed by atoms with Gasteiger partial charge in [0.15, 0.2) is 0 Å². The average molecular weight is 216 g/mol. The van der Waals surface area contributed by atoms with Gasteiger partial charge in [0, 0.05) is 25.0 Å². The zero-order chi connectivity index (χ0) is 11.4. The van der Waals surface area contributed by atoms with Gasteiger partial charge in [0.25, 0.3) is 0 Å². The van der Waals surface area contributed by atoms with Crippen molar-refractivity contribution in [3.05, 3.63) is 43.0 Å². The molecule has 4 nitrogen and oxygen atoms in total. The van der Waals surface area contributed by atoms with Crippen LogP contribution in [0.1, 0.15) is 19.0 Å². The summed E-state index contributed by atoms with van der Waals surface area (Å²) in [6, 6.07) is 2.34. The predicted octanol–water partition coefficient (Wildman–Crippen LogP) is 1.78. The van der Waals surface area contributed by atoms with Crippen LogP contribution >= 0.6 is 0 Å². The molecule has 2 rings (SSSR count). The number of rotatable bonds is 5. The van der Waals surface area contributed by atoms with Crippen molar-refractivity contribution in [2.45, 2.75) is 25.9 Å². The van der Waals surface area contributed by atoms with E-state index in [-0.39, 0.29) is 0 Å². The van der Waals surface area contributed by atoms with Gasteiger partial charge in [-0.1, -0.05) is 6.08 Å². The first-order valence-corrected chi connectivity index (χ1v) is 5.42. The quantitative estimate of drug-likeness (QED) is 0.775. The van der Waals surface area contributed by atoms with Gasteiger partial charge in [-0.15, -0.1) is 6.58 Å². The third-order valence-corrected chi connectivity index (χ3v) is 2.52. The minimum Gasteiger partial charge on any atom is -0.308 e. The molecule has 0 aromatic carbocycles. The number of nitrogens with zero attached hydrogens (tertiary/aromatic N) is 3. The summed E-state index contributed by atoms with van der Waals surface area (Å²) in [5, 5.41) is 3.42. The van der Waals surface area contributed by atoms with E-state index in [1.807, 2.05) is 28.9 Å². The van der Waals surface area contributed by atoms with Crippen LogP contribution in [0.4, 0.5) is 0 Å². The van der Waals surface area contributed by atoms with Crippen LogP contribution in [0.25, 0.3) is 5.78 Å². The molecule has 4 heteroatoms. The first-order valence-electron chi connectivity index (χ1n) is 5.42. The van der Waals surface area contributed by atoms with E-state index >= 15 is 0 Å². The molecule has 0 aliphatic heterocycles. The largest absolute Gasteiger partial charge is 0.308 e. The molecule has 1 atom stereocenters. The van der Waals surface area contributed by atoms with E-state index in [1.54, 1.807) is 6.20 Å². The molecule has 2 heterocycles. The molecule has 0 aliphatic rings. The van der Waals surface area contributed by atoms with Crippen LogP contribution in [0, 0.1) is 0 Å². The van der Waals surface area contributed by atoms with Gasteiger partial charge in [-0.2, -0.15) is 0 Å². The Balaban J connectivity index is 2.07. The van der Waals surface area contributed by atoms with Crippen molar-refractivity contribution in [2.24, 2.45) is 0 Å². The summed E-state index contributed by atoms with van der Waals surface area (Å²) in [5.74, 6) is 0.746. The Bertz CT molecular complexity index is 475. The molecule has 0 spiro atoms. The van der Waals surface area contributed by atoms with Crippen molar-refractivity contribution in [1.82, 2.24) is 19.7 Å². The lowest BCUT2D eigenvalue weighted by atomic mass is 10.2. The number of imidazole rings is 1. The van der Waals surface area contributed by atoms with Crippen LogP contribution < -0.4 is 5.32 Å². The maximum Gasteiger partial charge on any atom is 0.233 e. The first-order chi connectivity index (χ1) is 7.81. The molecule has 0 radical (unpaired) electrons. The molecule has 0 fully saturated rings. The molecule has 1 N–H and O–H groups in total. The zero-order valence-electron chi connectivity index (χ0n) is 9.43. The molecule has 2 aromatic heterocycles. The summed E-state index contributed by atoms with van der Waals surface area (Å²) >= 11 is 0. The molecule has 0 amide bonds. The average Bonchev–Trinajstić information content (AvgIpc) is 2.70. The minimum atomic E-state index is 0.430. The van der Waals surface area contributed by atoms with Crippen molar-refractivity contribution in [2.75, 3.05) is 0 Å². The summed E-state index contributed by atoms with van der Waals surface area (Å²) in [6.07, 6.45) is 8.48. The number of aromatic nitrogens is 3. The highest BCUT2D eigenvalue weighted by Gasteiger charge is 2.04. The standard InChI is InChI=1S/C12H16N4/c1-3-5-10(2)14-8-11-9-15-12-13-6-4-7-16(11)12/h3-4,6-7,9-10,14H,1,5,8H2,2H3. The van der Waals surface area contributed by atoms with Gasteiger partial charge in [0.2, 0.25) is 5.78 Å². The SMILES string of the molecule is C=CCC(C)NCc1cnc2ncccn12. The second kappa shape index (κ2) is 4.90. The molecule has 16 heavy (non-hydrogen) atoms. The van der Waals surface area contributed by atoms with E-state index in [0.717, 1.165) is 24.4 Å². The highest BCUT2D eigenvalue weighted by Crippen LogP contribution is 2.03. The second-order valence-corrected chi connectivity index (χ2v) is 3.85. The minimum absolute atomic E-state index is 0.430. The lowest BCUT2D eigenvalue weighted by Crippen LogP contribution is -2.25. The Morgan fingerprint density at radius 2 is 2.44 bits per heavy atom. The highest BCUT2D eigenvalue weighted by atomic mass is 15.1. The molecule has 0 saturated heterocycles. The van der Waals surface area contributed by atoms with Crippen LogP contribution in [0.2, 0.25) is 0 Å². The molecule has 0 bridgehead atoms. The summed E-state index contributed by atoms with van der Waals surface area (Å²) < 4.78 is 1.99. The highest BCUT2D eigenvalue weighted by molar-refractivity contribution is 5.30. The molecule has 0 saturated carbocycles. The first kappa shape index (κ1) is 10.8.